The summed E-state index contributed by atoms with van der Waals surface area (Å²) in [6.07, 6.45) is 0.447. The van der Waals surface area contributed by atoms with Gasteiger partial charge < -0.3 is 14.8 Å². The van der Waals surface area contributed by atoms with E-state index in [0.717, 1.165) is 5.01 Å². The largest absolute Gasteiger partial charge is 0.486 e. The van der Waals surface area contributed by atoms with E-state index in [9.17, 15) is 14.4 Å². The van der Waals surface area contributed by atoms with Crippen molar-refractivity contribution in [3.63, 3.8) is 0 Å². The van der Waals surface area contributed by atoms with Crippen LogP contribution in [0.25, 0.3) is 0 Å². The number of urea groups is 1. The minimum absolute atomic E-state index is 0.0105. The van der Waals surface area contributed by atoms with E-state index in [4.69, 9.17) is 9.47 Å². The number of fused-ring (bicyclic) bond motifs is 1. The third-order valence-electron chi connectivity index (χ3n) is 4.18. The van der Waals surface area contributed by atoms with Gasteiger partial charge in [0.05, 0.1) is 6.42 Å². The quantitative estimate of drug-likeness (QED) is 0.793. The normalized spacial score (nSPS) is 22.3. The smallest absolute Gasteiger partial charge is 0.344 e. The first-order chi connectivity index (χ1) is 11.4. The highest BCUT2D eigenvalue weighted by atomic mass is 16.6. The van der Waals surface area contributed by atoms with E-state index in [1.54, 1.807) is 32.0 Å². The van der Waals surface area contributed by atoms with Crippen LogP contribution in [0.3, 0.4) is 0 Å². The number of rotatable bonds is 4. The second-order valence-corrected chi connectivity index (χ2v) is 5.95. The van der Waals surface area contributed by atoms with Gasteiger partial charge in [0.15, 0.2) is 11.5 Å². The van der Waals surface area contributed by atoms with Crippen molar-refractivity contribution >= 4 is 17.8 Å². The van der Waals surface area contributed by atoms with Gasteiger partial charge in [0.1, 0.15) is 18.8 Å². The lowest BCUT2D eigenvalue weighted by Gasteiger charge is -2.20. The molecule has 2 N–H and O–H groups in total. The number of carbonyl (C=O) groups excluding carboxylic acids is 3. The SMILES string of the molecule is CC[C@]1(C)NC(=O)N(NC(=O)Cc2ccc3c(c2)OCCO3)C1=O. The van der Waals surface area contributed by atoms with Crippen LogP contribution in [0.1, 0.15) is 25.8 Å². The average molecular weight is 333 g/mol. The van der Waals surface area contributed by atoms with Crippen LogP contribution in [-0.2, 0) is 16.0 Å². The number of nitrogens with one attached hydrogen (secondary N) is 2. The van der Waals surface area contributed by atoms with Crippen LogP contribution in [0.2, 0.25) is 0 Å². The Morgan fingerprint density at radius 1 is 1.29 bits per heavy atom. The third kappa shape index (κ3) is 2.86. The van der Waals surface area contributed by atoms with Gasteiger partial charge in [-0.3, -0.25) is 15.0 Å². The second kappa shape index (κ2) is 6.03. The standard InChI is InChI=1S/C16H19N3O5/c1-3-16(2)14(21)19(15(22)17-16)18-13(20)9-10-4-5-11-12(8-10)24-7-6-23-11/h4-5,8H,3,6-7,9H2,1-2H3,(H,17,22)(H,18,20)/t16-/m0/s1. The molecule has 1 fully saturated rings. The lowest BCUT2D eigenvalue weighted by atomic mass is 10.00. The fourth-order valence-electron chi connectivity index (χ4n) is 2.57. The Morgan fingerprint density at radius 2 is 2.00 bits per heavy atom. The van der Waals surface area contributed by atoms with E-state index in [-0.39, 0.29) is 6.42 Å². The van der Waals surface area contributed by atoms with Crippen LogP contribution in [-0.4, -0.2) is 41.6 Å². The van der Waals surface area contributed by atoms with Crippen molar-refractivity contribution in [1.82, 2.24) is 15.8 Å². The first-order valence-corrected chi connectivity index (χ1v) is 7.77. The van der Waals surface area contributed by atoms with Crippen molar-refractivity contribution in [2.45, 2.75) is 32.2 Å². The molecule has 128 valence electrons. The van der Waals surface area contributed by atoms with Crippen molar-refractivity contribution in [2.75, 3.05) is 13.2 Å². The molecule has 2 aliphatic heterocycles. The molecule has 3 rings (SSSR count). The van der Waals surface area contributed by atoms with Gasteiger partial charge in [-0.15, -0.1) is 0 Å². The van der Waals surface area contributed by atoms with Gasteiger partial charge in [-0.1, -0.05) is 13.0 Å². The Labute approximate surface area is 139 Å². The van der Waals surface area contributed by atoms with Gasteiger partial charge in [0.25, 0.3) is 5.91 Å². The zero-order valence-electron chi connectivity index (χ0n) is 13.5. The summed E-state index contributed by atoms with van der Waals surface area (Å²) in [4.78, 5) is 36.3. The van der Waals surface area contributed by atoms with Gasteiger partial charge in [-0.2, -0.15) is 5.01 Å². The number of imide groups is 1. The minimum atomic E-state index is -0.985. The summed E-state index contributed by atoms with van der Waals surface area (Å²) in [5.41, 5.74) is 2.07. The molecule has 0 radical (unpaired) electrons. The van der Waals surface area contributed by atoms with Crippen molar-refractivity contribution in [3.8, 4) is 11.5 Å². The topological polar surface area (TPSA) is 97.0 Å². The Morgan fingerprint density at radius 3 is 2.67 bits per heavy atom. The molecule has 0 unspecified atom stereocenters. The molecule has 24 heavy (non-hydrogen) atoms. The van der Waals surface area contributed by atoms with Gasteiger partial charge >= 0.3 is 6.03 Å². The predicted molar refractivity (Wildman–Crippen MR) is 83.4 cm³/mol. The summed E-state index contributed by atoms with van der Waals surface area (Å²) < 4.78 is 10.9. The first kappa shape index (κ1) is 16.1. The molecule has 0 aliphatic carbocycles. The van der Waals surface area contributed by atoms with Crippen LogP contribution >= 0.6 is 0 Å². The van der Waals surface area contributed by atoms with E-state index in [2.05, 4.69) is 10.7 Å². The Balaban J connectivity index is 1.66. The fourth-order valence-corrected chi connectivity index (χ4v) is 2.57. The number of hydrogen-bond acceptors (Lipinski definition) is 5. The minimum Gasteiger partial charge on any atom is -0.486 e. The third-order valence-corrected chi connectivity index (χ3v) is 4.18. The highest BCUT2D eigenvalue weighted by Gasteiger charge is 2.47. The molecular weight excluding hydrogens is 314 g/mol. The van der Waals surface area contributed by atoms with Gasteiger partial charge in [-0.05, 0) is 31.0 Å². The van der Waals surface area contributed by atoms with Crippen LogP contribution in [0.5, 0.6) is 11.5 Å². The average Bonchev–Trinajstić information content (AvgIpc) is 2.78. The zero-order valence-corrected chi connectivity index (χ0v) is 13.5. The summed E-state index contributed by atoms with van der Waals surface area (Å²) in [7, 11) is 0. The number of amides is 4. The van der Waals surface area contributed by atoms with Crippen LogP contribution in [0, 0.1) is 0 Å². The Bertz CT molecular complexity index is 705. The second-order valence-electron chi connectivity index (χ2n) is 5.95. The summed E-state index contributed by atoms with van der Waals surface area (Å²) in [6, 6.07) is 4.57. The molecule has 1 aromatic rings. The summed E-state index contributed by atoms with van der Waals surface area (Å²) in [5.74, 6) is 0.291. The maximum atomic E-state index is 12.2. The molecule has 0 bridgehead atoms. The fraction of sp³-hybridized carbons (Fsp3) is 0.438. The van der Waals surface area contributed by atoms with Crippen LogP contribution in [0.4, 0.5) is 4.79 Å². The van der Waals surface area contributed by atoms with Crippen molar-refractivity contribution < 1.29 is 23.9 Å². The van der Waals surface area contributed by atoms with Crippen molar-refractivity contribution in [2.24, 2.45) is 0 Å². The molecular formula is C16H19N3O5. The molecule has 2 heterocycles. The highest BCUT2D eigenvalue weighted by molar-refractivity contribution is 6.07. The van der Waals surface area contributed by atoms with E-state index in [1.165, 1.54) is 0 Å². The summed E-state index contributed by atoms with van der Waals surface area (Å²) >= 11 is 0. The molecule has 8 nitrogen and oxygen atoms in total. The van der Waals surface area contributed by atoms with Gasteiger partial charge in [0.2, 0.25) is 5.91 Å². The molecule has 1 atom stereocenters. The monoisotopic (exact) mass is 333 g/mol. The molecule has 2 aliphatic rings. The maximum absolute atomic E-state index is 12.2. The van der Waals surface area contributed by atoms with E-state index >= 15 is 0 Å². The number of benzene rings is 1. The van der Waals surface area contributed by atoms with Crippen molar-refractivity contribution in [3.05, 3.63) is 23.8 Å². The molecule has 0 saturated carbocycles. The molecule has 1 aromatic carbocycles. The van der Waals surface area contributed by atoms with Gasteiger partial charge in [0, 0.05) is 0 Å². The molecule has 4 amide bonds. The maximum Gasteiger partial charge on any atom is 0.344 e. The van der Waals surface area contributed by atoms with E-state index < -0.39 is 23.4 Å². The van der Waals surface area contributed by atoms with Crippen molar-refractivity contribution in [1.29, 1.82) is 0 Å². The summed E-state index contributed by atoms with van der Waals surface area (Å²) in [5, 5.41) is 3.32. The molecule has 1 saturated heterocycles. The molecule has 0 spiro atoms. The zero-order chi connectivity index (χ0) is 17.3. The van der Waals surface area contributed by atoms with E-state index in [1.807, 2.05) is 0 Å². The predicted octanol–water partition coefficient (Wildman–Crippen LogP) is 0.752. The van der Waals surface area contributed by atoms with Crippen LogP contribution in [0.15, 0.2) is 18.2 Å². The van der Waals surface area contributed by atoms with E-state index in [0.29, 0.717) is 36.7 Å². The number of hydrazine groups is 1. The Hall–Kier alpha value is -2.77. The Kier molecular flexibility index (Phi) is 4.04. The number of carbonyl (C=O) groups is 3. The number of nitrogens with zero attached hydrogens (tertiary/aromatic N) is 1. The first-order valence-electron chi connectivity index (χ1n) is 7.77. The molecule has 0 aromatic heterocycles. The van der Waals surface area contributed by atoms with Gasteiger partial charge in [-0.25, -0.2) is 4.79 Å². The highest BCUT2D eigenvalue weighted by Crippen LogP contribution is 2.30. The lowest BCUT2D eigenvalue weighted by Crippen LogP contribution is -2.49. The summed E-state index contributed by atoms with van der Waals surface area (Å²) in [6.45, 7) is 4.37. The lowest BCUT2D eigenvalue weighted by molar-refractivity contribution is -0.138. The number of hydrogen-bond donors (Lipinski definition) is 2. The van der Waals surface area contributed by atoms with Crippen LogP contribution < -0.4 is 20.2 Å². The molecule has 8 heteroatoms. The number of ether oxygens (including phenoxy) is 2.